The van der Waals surface area contributed by atoms with E-state index in [4.69, 9.17) is 9.15 Å². The van der Waals surface area contributed by atoms with Gasteiger partial charge >= 0.3 is 0 Å². The predicted molar refractivity (Wildman–Crippen MR) is 112 cm³/mol. The van der Waals surface area contributed by atoms with E-state index in [-0.39, 0.29) is 24.5 Å². The number of methoxy groups -OCH3 is 1. The molecular weight excluding hydrogens is 382 g/mol. The smallest absolute Gasteiger partial charge is 0.290 e. The van der Waals surface area contributed by atoms with E-state index in [1.807, 2.05) is 42.5 Å². The fourth-order valence-electron chi connectivity index (χ4n) is 3.81. The van der Waals surface area contributed by atoms with E-state index in [0.717, 1.165) is 22.9 Å². The molecule has 2 heterocycles. The van der Waals surface area contributed by atoms with Gasteiger partial charge in [0.2, 0.25) is 5.78 Å². The van der Waals surface area contributed by atoms with Crippen molar-refractivity contribution in [3.05, 3.63) is 82.8 Å². The van der Waals surface area contributed by atoms with Crippen molar-refractivity contribution in [2.45, 2.75) is 19.4 Å². The Balaban J connectivity index is 1.78. The van der Waals surface area contributed by atoms with Crippen LogP contribution in [0.4, 0.5) is 0 Å². The Bertz CT molecular complexity index is 1090. The number of aliphatic hydroxyl groups is 1. The molecule has 30 heavy (non-hydrogen) atoms. The molecule has 0 aliphatic carbocycles. The minimum Gasteiger partial charge on any atom is -0.503 e. The number of furan rings is 1. The van der Waals surface area contributed by atoms with Crippen molar-refractivity contribution in [2.24, 2.45) is 0 Å². The Morgan fingerprint density at radius 2 is 1.90 bits per heavy atom. The number of ketones is 1. The molecule has 0 saturated carbocycles. The highest BCUT2D eigenvalue weighted by molar-refractivity contribution is 6.16. The molecule has 2 aromatic carbocycles. The number of Topliss-reactive ketones (excluding diaryl/α,β-unsaturated/α-hetero) is 1. The zero-order valence-electron chi connectivity index (χ0n) is 16.9. The molecule has 1 amide bonds. The molecule has 6 nitrogen and oxygen atoms in total. The monoisotopic (exact) mass is 405 g/mol. The van der Waals surface area contributed by atoms with Crippen LogP contribution in [0, 0.1) is 0 Å². The lowest BCUT2D eigenvalue weighted by molar-refractivity contribution is -0.130. The second-order valence-electron chi connectivity index (χ2n) is 7.23. The fraction of sp³-hybridized carbons (Fsp3) is 0.250. The number of rotatable bonds is 7. The molecule has 3 aromatic rings. The molecule has 1 atom stereocenters. The summed E-state index contributed by atoms with van der Waals surface area (Å²) in [6, 6.07) is 15.9. The van der Waals surface area contributed by atoms with E-state index in [2.05, 4.69) is 6.92 Å². The summed E-state index contributed by atoms with van der Waals surface area (Å²) in [5, 5.41) is 11.4. The Kier molecular flexibility index (Phi) is 5.42. The molecule has 1 N–H and O–H groups in total. The first-order chi connectivity index (χ1) is 14.5. The maximum atomic E-state index is 13.4. The van der Waals surface area contributed by atoms with Gasteiger partial charge in [0.1, 0.15) is 5.58 Å². The van der Waals surface area contributed by atoms with Crippen LogP contribution in [0.15, 0.2) is 70.3 Å². The molecule has 0 saturated heterocycles. The maximum absolute atomic E-state index is 13.4. The molecule has 1 aromatic heterocycles. The highest BCUT2D eigenvalue weighted by Crippen LogP contribution is 2.39. The van der Waals surface area contributed by atoms with E-state index in [9.17, 15) is 14.7 Å². The first-order valence-corrected chi connectivity index (χ1v) is 9.90. The van der Waals surface area contributed by atoms with Crippen LogP contribution in [-0.4, -0.2) is 42.0 Å². The number of para-hydroxylation sites is 1. The number of carbonyl (C=O) groups is 2. The number of ether oxygens (including phenoxy) is 1. The van der Waals surface area contributed by atoms with Crippen molar-refractivity contribution in [2.75, 3.05) is 20.3 Å². The van der Waals surface area contributed by atoms with Crippen LogP contribution in [0.5, 0.6) is 0 Å². The highest BCUT2D eigenvalue weighted by Gasteiger charge is 2.44. The van der Waals surface area contributed by atoms with Gasteiger partial charge < -0.3 is 19.2 Å². The molecule has 154 valence electrons. The second kappa shape index (κ2) is 8.16. The number of hydrogen-bond donors (Lipinski definition) is 1. The molecular formula is C24H23NO5. The van der Waals surface area contributed by atoms with Gasteiger partial charge in [-0.15, -0.1) is 0 Å². The van der Waals surface area contributed by atoms with Gasteiger partial charge in [0, 0.05) is 19.0 Å². The van der Waals surface area contributed by atoms with E-state index in [1.54, 1.807) is 19.2 Å². The van der Waals surface area contributed by atoms with Gasteiger partial charge in [-0.25, -0.2) is 0 Å². The van der Waals surface area contributed by atoms with E-state index < -0.39 is 23.5 Å². The Hall–Kier alpha value is -3.38. The third-order valence-corrected chi connectivity index (χ3v) is 5.44. The minimum atomic E-state index is -0.709. The summed E-state index contributed by atoms with van der Waals surface area (Å²) in [5.41, 5.74) is 2.50. The van der Waals surface area contributed by atoms with Gasteiger partial charge in [0.15, 0.2) is 11.5 Å². The number of carbonyl (C=O) groups excluding carboxylic acids is 2. The topological polar surface area (TPSA) is 80.0 Å². The summed E-state index contributed by atoms with van der Waals surface area (Å²) < 4.78 is 10.8. The van der Waals surface area contributed by atoms with Crippen LogP contribution in [0.2, 0.25) is 0 Å². The zero-order chi connectivity index (χ0) is 21.3. The number of aliphatic hydroxyl groups excluding tert-OH is 1. The number of amides is 1. The van der Waals surface area contributed by atoms with Crippen LogP contribution < -0.4 is 0 Å². The fourth-order valence-corrected chi connectivity index (χ4v) is 3.81. The molecule has 1 aliphatic heterocycles. The van der Waals surface area contributed by atoms with Crippen molar-refractivity contribution in [3.8, 4) is 0 Å². The molecule has 6 heteroatoms. The van der Waals surface area contributed by atoms with Gasteiger partial charge in [0.25, 0.3) is 5.91 Å². The first-order valence-electron chi connectivity index (χ1n) is 9.90. The largest absolute Gasteiger partial charge is 0.503 e. The summed E-state index contributed by atoms with van der Waals surface area (Å²) in [6.07, 6.45) is 0.878. The summed E-state index contributed by atoms with van der Waals surface area (Å²) in [4.78, 5) is 27.7. The average molecular weight is 405 g/mol. The van der Waals surface area contributed by atoms with Crippen LogP contribution in [0.25, 0.3) is 11.0 Å². The van der Waals surface area contributed by atoms with Gasteiger partial charge in [-0.1, -0.05) is 49.4 Å². The minimum absolute atomic E-state index is 0.0272. The molecule has 0 spiro atoms. The lowest BCUT2D eigenvalue weighted by Crippen LogP contribution is -2.34. The second-order valence-corrected chi connectivity index (χ2v) is 7.23. The normalized spacial score (nSPS) is 16.7. The number of aryl methyl sites for hydroxylation is 1. The molecule has 0 fully saturated rings. The van der Waals surface area contributed by atoms with Gasteiger partial charge in [-0.05, 0) is 29.7 Å². The summed E-state index contributed by atoms with van der Waals surface area (Å²) in [5.74, 6) is -1.53. The number of hydrogen-bond acceptors (Lipinski definition) is 5. The highest BCUT2D eigenvalue weighted by atomic mass is 16.5. The third-order valence-electron chi connectivity index (χ3n) is 5.44. The zero-order valence-corrected chi connectivity index (χ0v) is 16.9. The van der Waals surface area contributed by atoms with Gasteiger partial charge in [-0.2, -0.15) is 0 Å². The van der Waals surface area contributed by atoms with Crippen molar-refractivity contribution < 1.29 is 23.8 Å². The van der Waals surface area contributed by atoms with Crippen LogP contribution >= 0.6 is 0 Å². The lowest BCUT2D eigenvalue weighted by Gasteiger charge is -2.26. The maximum Gasteiger partial charge on any atom is 0.290 e. The molecule has 1 unspecified atom stereocenters. The number of fused-ring (bicyclic) bond motifs is 1. The van der Waals surface area contributed by atoms with E-state index in [1.165, 1.54) is 4.90 Å². The van der Waals surface area contributed by atoms with Crippen LogP contribution in [0.3, 0.4) is 0 Å². The first kappa shape index (κ1) is 19.9. The van der Waals surface area contributed by atoms with Gasteiger partial charge in [0.05, 0.1) is 18.2 Å². The van der Waals surface area contributed by atoms with Crippen molar-refractivity contribution in [1.82, 2.24) is 4.90 Å². The molecule has 4 rings (SSSR count). The van der Waals surface area contributed by atoms with E-state index >= 15 is 0 Å². The van der Waals surface area contributed by atoms with Crippen LogP contribution in [-0.2, 0) is 16.0 Å². The summed E-state index contributed by atoms with van der Waals surface area (Å²) in [7, 11) is 1.54. The van der Waals surface area contributed by atoms with Crippen LogP contribution in [0.1, 0.15) is 34.6 Å². The summed E-state index contributed by atoms with van der Waals surface area (Å²) >= 11 is 0. The summed E-state index contributed by atoms with van der Waals surface area (Å²) in [6.45, 7) is 2.59. The molecule has 0 radical (unpaired) electrons. The quantitative estimate of drug-likeness (QED) is 0.596. The Morgan fingerprint density at radius 3 is 2.57 bits per heavy atom. The lowest BCUT2D eigenvalue weighted by atomic mass is 9.94. The third kappa shape index (κ3) is 3.39. The Morgan fingerprint density at radius 1 is 1.17 bits per heavy atom. The predicted octanol–water partition coefficient (Wildman–Crippen LogP) is 4.22. The number of nitrogens with zero attached hydrogens (tertiary/aromatic N) is 1. The van der Waals surface area contributed by atoms with Crippen molar-refractivity contribution >= 4 is 22.7 Å². The number of benzene rings is 2. The molecule has 1 aliphatic rings. The Labute approximate surface area is 174 Å². The van der Waals surface area contributed by atoms with E-state index in [0.29, 0.717) is 5.58 Å². The standard InChI is InChI=1S/C24H23NO5/c1-3-15-8-10-16(11-9-15)21-20(23(27)24(28)25(21)12-13-29-2)22(26)19-14-17-6-4-5-7-18(17)30-19/h4-11,14,21,27H,3,12-13H2,1-2H3. The average Bonchev–Trinajstić information content (AvgIpc) is 3.31. The van der Waals surface area contributed by atoms with Crippen molar-refractivity contribution in [3.63, 3.8) is 0 Å². The van der Waals surface area contributed by atoms with Crippen molar-refractivity contribution in [1.29, 1.82) is 0 Å². The SMILES string of the molecule is CCc1ccc(C2C(C(=O)c3cc4ccccc4o3)=C(O)C(=O)N2CCOC)cc1. The van der Waals surface area contributed by atoms with Gasteiger partial charge in [-0.3, -0.25) is 9.59 Å². The molecule has 0 bridgehead atoms.